The summed E-state index contributed by atoms with van der Waals surface area (Å²) in [6, 6.07) is 10.9. The lowest BCUT2D eigenvalue weighted by atomic mass is 10.3. The highest BCUT2D eigenvalue weighted by atomic mass is 35.7. The van der Waals surface area contributed by atoms with E-state index < -0.39 is 25.1 Å². The lowest BCUT2D eigenvalue weighted by molar-refractivity contribution is -0.124. The zero-order chi connectivity index (χ0) is 28.7. The number of hydrogen-bond acceptors (Lipinski definition) is 11. The van der Waals surface area contributed by atoms with Gasteiger partial charge in [0, 0.05) is 13.1 Å². The van der Waals surface area contributed by atoms with Crippen molar-refractivity contribution < 1.29 is 28.1 Å². The number of carbonyl (C=O) groups is 1. The van der Waals surface area contributed by atoms with Gasteiger partial charge in [-0.05, 0) is 44.5 Å². The molecule has 40 heavy (non-hydrogen) atoms. The van der Waals surface area contributed by atoms with E-state index in [0.717, 1.165) is 0 Å². The number of carbonyl (C=O) groups excluding carboxylic acids is 1. The van der Waals surface area contributed by atoms with Gasteiger partial charge in [0.2, 0.25) is 11.8 Å². The lowest BCUT2D eigenvalue weighted by Crippen LogP contribution is -2.45. The van der Waals surface area contributed by atoms with Gasteiger partial charge >= 0.3 is 6.87 Å². The molecule has 1 aliphatic heterocycles. The van der Waals surface area contributed by atoms with Crippen molar-refractivity contribution in [3.05, 3.63) is 36.7 Å². The first-order valence-electron chi connectivity index (χ1n) is 12.3. The third kappa shape index (κ3) is 7.66. The van der Waals surface area contributed by atoms with Gasteiger partial charge in [0.1, 0.15) is 18.6 Å². The van der Waals surface area contributed by atoms with Crippen LogP contribution in [0.3, 0.4) is 0 Å². The first-order chi connectivity index (χ1) is 19.2. The predicted octanol–water partition coefficient (Wildman–Crippen LogP) is 2.89. The number of nitriles is 1. The number of fused-ring (bicyclic) bond motifs is 1. The normalized spacial score (nSPS) is 19.2. The molecule has 1 aliphatic rings. The number of nitrogens with zero attached hydrogens (tertiary/aromatic N) is 7. The monoisotopic (exact) mass is 592 g/mol. The van der Waals surface area contributed by atoms with Crippen LogP contribution in [0.5, 0.6) is 11.6 Å². The Bertz CT molecular complexity index is 1400. The molecule has 1 unspecified atom stereocenters. The molecular formula is C24H30ClN8O6P. The number of para-hydroxylation sites is 1. The molecule has 1 aromatic carbocycles. The highest BCUT2D eigenvalue weighted by Crippen LogP contribution is 2.54. The number of halogens is 1. The number of benzene rings is 1. The minimum atomic E-state index is -3.46. The van der Waals surface area contributed by atoms with Crippen molar-refractivity contribution in [2.24, 2.45) is 0 Å². The van der Waals surface area contributed by atoms with Crippen LogP contribution in [0.2, 0.25) is 0 Å². The lowest BCUT2D eigenvalue weighted by Gasteiger charge is -2.36. The van der Waals surface area contributed by atoms with Gasteiger partial charge in [0.05, 0.1) is 31.5 Å². The highest BCUT2D eigenvalue weighted by molar-refractivity contribution is 7.83. The average molecular weight is 593 g/mol. The van der Waals surface area contributed by atoms with Crippen LogP contribution in [-0.4, -0.2) is 95.2 Å². The number of likely N-dealkylation sites (N-methyl/N-ethyl adjacent to an activating group) is 1. The highest BCUT2D eigenvalue weighted by Gasteiger charge is 2.32. The topological polar surface area (TPSA) is 157 Å². The van der Waals surface area contributed by atoms with Gasteiger partial charge in [0.15, 0.2) is 17.8 Å². The van der Waals surface area contributed by atoms with Crippen molar-refractivity contribution in [2.75, 3.05) is 59.4 Å². The molecule has 1 N–H and O–H groups in total. The molecule has 1 saturated heterocycles. The van der Waals surface area contributed by atoms with Crippen LogP contribution in [0.1, 0.15) is 12.6 Å². The number of ether oxygens (including phenoxy) is 3. The van der Waals surface area contributed by atoms with Crippen molar-refractivity contribution in [1.82, 2.24) is 29.1 Å². The fourth-order valence-electron chi connectivity index (χ4n) is 3.81. The van der Waals surface area contributed by atoms with Gasteiger partial charge in [-0.25, -0.2) is 9.65 Å². The Morgan fingerprint density at radius 1 is 1.27 bits per heavy atom. The van der Waals surface area contributed by atoms with Gasteiger partial charge in [-0.3, -0.25) is 24.1 Å². The molecule has 14 nitrogen and oxygen atoms in total. The molecular weight excluding hydrogens is 563 g/mol. The van der Waals surface area contributed by atoms with E-state index >= 15 is 0 Å². The van der Waals surface area contributed by atoms with Gasteiger partial charge in [-0.1, -0.05) is 18.2 Å². The Balaban J connectivity index is 1.55. The summed E-state index contributed by atoms with van der Waals surface area (Å²) in [7, 11) is 5.06. The first-order valence-corrected chi connectivity index (χ1v) is 14.8. The number of aromatic nitrogens is 4. The second-order valence-corrected chi connectivity index (χ2v) is 12.4. The van der Waals surface area contributed by atoms with Crippen molar-refractivity contribution in [1.29, 1.82) is 5.26 Å². The van der Waals surface area contributed by atoms with E-state index in [1.54, 1.807) is 42.9 Å². The molecule has 3 heterocycles. The second kappa shape index (κ2) is 13.4. The summed E-state index contributed by atoms with van der Waals surface area (Å²) in [6.07, 6.45) is 0.664. The Morgan fingerprint density at radius 2 is 2.05 bits per heavy atom. The predicted molar refractivity (Wildman–Crippen MR) is 146 cm³/mol. The van der Waals surface area contributed by atoms with Crippen LogP contribution in [0.4, 0.5) is 5.95 Å². The van der Waals surface area contributed by atoms with E-state index in [0.29, 0.717) is 30.0 Å². The van der Waals surface area contributed by atoms with Crippen LogP contribution in [-0.2, 0) is 18.6 Å². The van der Waals surface area contributed by atoms with Crippen LogP contribution < -0.4 is 14.8 Å². The summed E-state index contributed by atoms with van der Waals surface area (Å²) >= 11 is 6.01. The molecule has 0 radical (unpaired) electrons. The molecule has 0 bridgehead atoms. The van der Waals surface area contributed by atoms with E-state index in [9.17, 15) is 9.36 Å². The van der Waals surface area contributed by atoms with Crippen LogP contribution >= 0.6 is 18.1 Å². The number of imidazole rings is 1. The molecule has 16 heteroatoms. The van der Waals surface area contributed by atoms with Crippen LogP contribution in [0, 0.1) is 11.3 Å². The number of nitrogens with one attached hydrogen (secondary N) is 1. The molecule has 0 aliphatic carbocycles. The largest absolute Gasteiger partial charge is 0.484 e. The standard InChI is InChI=1S/C24H30ClN8O6P/c1-31(2)40(25,35)38-14-18-12-32(3)13-20(39-18)33-16-27-21-22(33)29-24(30-23(21)36-11-7-10-26)28-19(34)15-37-17-8-5-4-6-9-17/h4-6,8-9,16,18,20H,7,11-15H2,1-3H3,(H,28,29,30,34)/t18-,20+,40?/m0/s1. The zero-order valence-electron chi connectivity index (χ0n) is 22.3. The fraction of sp³-hybridized carbons (Fsp3) is 0.458. The van der Waals surface area contributed by atoms with Crippen molar-refractivity contribution >= 4 is 41.1 Å². The Morgan fingerprint density at radius 3 is 2.77 bits per heavy atom. The summed E-state index contributed by atoms with van der Waals surface area (Å²) < 4.78 is 38.3. The minimum absolute atomic E-state index is 0.00660. The van der Waals surface area contributed by atoms with Gasteiger partial charge in [-0.15, -0.1) is 0 Å². The quantitative estimate of drug-likeness (QED) is 0.242. The molecule has 1 amide bonds. The third-order valence-corrected chi connectivity index (χ3v) is 8.37. The summed E-state index contributed by atoms with van der Waals surface area (Å²) in [5, 5.41) is 11.5. The van der Waals surface area contributed by atoms with Crippen LogP contribution in [0.15, 0.2) is 36.7 Å². The Labute approximate surface area is 236 Å². The van der Waals surface area contributed by atoms with Gasteiger partial charge in [-0.2, -0.15) is 15.2 Å². The Kier molecular flexibility index (Phi) is 9.91. The number of morpholine rings is 1. The number of anilines is 1. The molecule has 2 aromatic heterocycles. The maximum absolute atomic E-state index is 12.6. The van der Waals surface area contributed by atoms with E-state index in [1.807, 2.05) is 24.1 Å². The average Bonchev–Trinajstić information content (AvgIpc) is 3.35. The molecule has 3 aromatic rings. The molecule has 3 atom stereocenters. The van der Waals surface area contributed by atoms with Gasteiger partial charge in [0.25, 0.3) is 5.91 Å². The number of amides is 1. The van der Waals surface area contributed by atoms with E-state index in [2.05, 4.69) is 20.3 Å². The second-order valence-electron chi connectivity index (χ2n) is 9.11. The van der Waals surface area contributed by atoms with Crippen LogP contribution in [0.25, 0.3) is 11.2 Å². The molecule has 214 valence electrons. The summed E-state index contributed by atoms with van der Waals surface area (Å²) in [4.78, 5) is 27.9. The zero-order valence-corrected chi connectivity index (χ0v) is 23.9. The maximum Gasteiger partial charge on any atom is 0.362 e. The fourth-order valence-corrected chi connectivity index (χ4v) is 4.56. The van der Waals surface area contributed by atoms with E-state index in [1.165, 1.54) is 11.0 Å². The minimum Gasteiger partial charge on any atom is -0.484 e. The smallest absolute Gasteiger partial charge is 0.362 e. The first kappa shape index (κ1) is 29.7. The van der Waals surface area contributed by atoms with Crippen molar-refractivity contribution in [2.45, 2.75) is 18.8 Å². The van der Waals surface area contributed by atoms with E-state index in [4.69, 9.17) is 35.2 Å². The van der Waals surface area contributed by atoms with Crippen molar-refractivity contribution in [3.8, 4) is 17.7 Å². The molecule has 1 fully saturated rings. The number of rotatable bonds is 12. The number of hydrogen-bond donors (Lipinski definition) is 1. The van der Waals surface area contributed by atoms with E-state index in [-0.39, 0.29) is 38.1 Å². The SMILES string of the molecule is CN1C[C@@H](COP(=O)(Cl)N(C)C)O[C@@H](n2cnc3c(OCCC#N)nc(NC(=O)COc4ccccc4)nc32)C1. The third-order valence-electron chi connectivity index (χ3n) is 5.75. The molecule has 4 rings (SSSR count). The summed E-state index contributed by atoms with van der Waals surface area (Å²) in [5.74, 6) is 0.146. The molecule has 0 spiro atoms. The Hall–Kier alpha value is -3.31. The van der Waals surface area contributed by atoms with Gasteiger partial charge < -0.3 is 18.7 Å². The summed E-state index contributed by atoms with van der Waals surface area (Å²) in [6.45, 7) is -2.63. The summed E-state index contributed by atoms with van der Waals surface area (Å²) in [5.41, 5.74) is 0.677. The molecule has 0 saturated carbocycles. The maximum atomic E-state index is 12.6. The van der Waals surface area contributed by atoms with Crippen molar-refractivity contribution in [3.63, 3.8) is 0 Å².